The molecule has 0 fully saturated rings. The van der Waals surface area contributed by atoms with E-state index in [9.17, 15) is 15.0 Å². The van der Waals surface area contributed by atoms with Crippen LogP contribution in [-0.4, -0.2) is 67.6 Å². The maximum atomic E-state index is 13.1. The number of rotatable bonds is 15. The Hall–Kier alpha value is -3.62. The van der Waals surface area contributed by atoms with Crippen molar-refractivity contribution >= 4 is 34.2 Å². The summed E-state index contributed by atoms with van der Waals surface area (Å²) in [6.45, 7) is 12.0. The zero-order valence-electron chi connectivity index (χ0n) is 23.7. The van der Waals surface area contributed by atoms with Crippen LogP contribution in [0.5, 0.6) is 0 Å². The van der Waals surface area contributed by atoms with Gasteiger partial charge >= 0.3 is 0 Å². The van der Waals surface area contributed by atoms with Crippen LogP contribution in [0.2, 0.25) is 0 Å². The van der Waals surface area contributed by atoms with E-state index in [1.54, 1.807) is 6.08 Å². The van der Waals surface area contributed by atoms with Gasteiger partial charge in [0.1, 0.15) is 5.71 Å². The molecule has 3 rings (SSSR count). The molecule has 1 aliphatic rings. The number of ketones is 1. The Morgan fingerprint density at radius 3 is 2.08 bits per heavy atom. The molecule has 2 aromatic rings. The molecular weight excluding hydrogens is 490 g/mol. The van der Waals surface area contributed by atoms with E-state index in [2.05, 4.69) is 41.2 Å². The lowest BCUT2D eigenvalue weighted by atomic mass is 10.0. The van der Waals surface area contributed by atoms with E-state index >= 15 is 0 Å². The lowest BCUT2D eigenvalue weighted by Gasteiger charge is -2.23. The molecule has 0 atom stereocenters. The van der Waals surface area contributed by atoms with Crippen LogP contribution in [0.25, 0.3) is 0 Å². The second-order valence-electron chi connectivity index (χ2n) is 9.51. The standard InChI is InChI=1S/C31H43N5O3/c1-5-8-15-32-28-22-31(39)30(34-27-14-13-26(20-23(27)4)36(7-3)17-19-38)21-29(28)33-24-9-11-25(12-10-24)35(6-2)16-18-37/h9-14,20-22,32-33,37-38H,5-8,15-19H2,1-4H3. The van der Waals surface area contributed by atoms with Gasteiger partial charge in [0.2, 0.25) is 5.78 Å². The van der Waals surface area contributed by atoms with Crippen LogP contribution >= 0.6 is 0 Å². The minimum Gasteiger partial charge on any atom is -0.395 e. The molecule has 0 heterocycles. The predicted molar refractivity (Wildman–Crippen MR) is 162 cm³/mol. The third kappa shape index (κ3) is 8.18. The van der Waals surface area contributed by atoms with Crippen molar-refractivity contribution in [3.8, 4) is 0 Å². The number of nitrogens with one attached hydrogen (secondary N) is 2. The van der Waals surface area contributed by atoms with Gasteiger partial charge in [-0.25, -0.2) is 4.99 Å². The summed E-state index contributed by atoms with van der Waals surface area (Å²) in [6, 6.07) is 14.0. The molecule has 2 aromatic carbocycles. The van der Waals surface area contributed by atoms with Gasteiger partial charge in [0, 0.05) is 55.9 Å². The molecule has 0 saturated heterocycles. The number of hydrogen-bond donors (Lipinski definition) is 4. The van der Waals surface area contributed by atoms with E-state index < -0.39 is 0 Å². The zero-order chi connectivity index (χ0) is 28.2. The van der Waals surface area contributed by atoms with Crippen molar-refractivity contribution < 1.29 is 15.0 Å². The maximum absolute atomic E-state index is 13.1. The van der Waals surface area contributed by atoms with E-state index in [1.165, 1.54) is 0 Å². The van der Waals surface area contributed by atoms with Gasteiger partial charge in [-0.05, 0) is 81.3 Å². The third-order valence-corrected chi connectivity index (χ3v) is 6.75. The number of aliphatic hydroxyl groups excluding tert-OH is 2. The molecule has 4 N–H and O–H groups in total. The van der Waals surface area contributed by atoms with Gasteiger partial charge in [0.05, 0.1) is 30.3 Å². The smallest absolute Gasteiger partial charge is 0.206 e. The Balaban J connectivity index is 1.89. The third-order valence-electron chi connectivity index (χ3n) is 6.75. The normalized spacial score (nSPS) is 14.2. The highest BCUT2D eigenvalue weighted by atomic mass is 16.3. The Kier molecular flexibility index (Phi) is 11.6. The fourth-order valence-electron chi connectivity index (χ4n) is 4.49. The second kappa shape index (κ2) is 15.1. The first kappa shape index (κ1) is 29.9. The molecular formula is C31H43N5O3. The molecule has 0 aliphatic heterocycles. The molecule has 210 valence electrons. The van der Waals surface area contributed by atoms with E-state index in [0.29, 0.717) is 18.8 Å². The van der Waals surface area contributed by atoms with E-state index in [4.69, 9.17) is 4.99 Å². The van der Waals surface area contributed by atoms with Crippen LogP contribution in [0, 0.1) is 6.92 Å². The van der Waals surface area contributed by atoms with E-state index in [0.717, 1.165) is 72.2 Å². The average molecular weight is 534 g/mol. The Morgan fingerprint density at radius 2 is 1.49 bits per heavy atom. The molecule has 8 nitrogen and oxygen atoms in total. The first-order chi connectivity index (χ1) is 18.9. The van der Waals surface area contributed by atoms with Crippen LogP contribution in [0.4, 0.5) is 22.7 Å². The average Bonchev–Trinajstić information content (AvgIpc) is 2.94. The maximum Gasteiger partial charge on any atom is 0.206 e. The van der Waals surface area contributed by atoms with Crippen molar-refractivity contribution in [3.05, 3.63) is 71.6 Å². The summed E-state index contributed by atoms with van der Waals surface area (Å²) < 4.78 is 0. The minimum atomic E-state index is -0.142. The molecule has 39 heavy (non-hydrogen) atoms. The summed E-state index contributed by atoms with van der Waals surface area (Å²) >= 11 is 0. The number of likely N-dealkylation sites (N-methyl/N-ethyl adjacent to an activating group) is 2. The number of aryl methyl sites for hydroxylation is 1. The first-order valence-electron chi connectivity index (χ1n) is 13.9. The number of carbonyl (C=O) groups is 1. The molecule has 0 radical (unpaired) electrons. The number of carbonyl (C=O) groups excluding carboxylic acids is 1. The number of unbranched alkanes of at least 4 members (excludes halogenated alkanes) is 1. The second-order valence-corrected chi connectivity index (χ2v) is 9.51. The molecule has 0 amide bonds. The zero-order valence-corrected chi connectivity index (χ0v) is 23.7. The quantitative estimate of drug-likeness (QED) is 0.197. The van der Waals surface area contributed by atoms with Crippen molar-refractivity contribution in [3.63, 3.8) is 0 Å². The van der Waals surface area contributed by atoms with Crippen molar-refractivity contribution in [1.29, 1.82) is 0 Å². The van der Waals surface area contributed by atoms with Gasteiger partial charge in [0.25, 0.3) is 0 Å². The number of anilines is 3. The molecule has 0 bridgehead atoms. The molecule has 0 saturated carbocycles. The summed E-state index contributed by atoms with van der Waals surface area (Å²) in [4.78, 5) is 22.0. The van der Waals surface area contributed by atoms with Gasteiger partial charge in [-0.15, -0.1) is 0 Å². The van der Waals surface area contributed by atoms with Crippen molar-refractivity contribution in [2.45, 2.75) is 40.5 Å². The number of aliphatic hydroxyl groups is 2. The van der Waals surface area contributed by atoms with Crippen molar-refractivity contribution in [2.24, 2.45) is 4.99 Å². The predicted octanol–water partition coefficient (Wildman–Crippen LogP) is 4.56. The number of nitrogens with zero attached hydrogens (tertiary/aromatic N) is 3. The summed E-state index contributed by atoms with van der Waals surface area (Å²) in [5, 5.41) is 25.6. The SMILES string of the molecule is CCCCNC1=CC(=O)C(=Nc2ccc(N(CC)CCO)cc2C)C=C1Nc1ccc(N(CC)CCO)cc1. The van der Waals surface area contributed by atoms with Crippen LogP contribution in [0.3, 0.4) is 0 Å². The van der Waals surface area contributed by atoms with Gasteiger partial charge in [-0.1, -0.05) is 13.3 Å². The highest BCUT2D eigenvalue weighted by Gasteiger charge is 2.20. The van der Waals surface area contributed by atoms with Gasteiger partial charge in [-0.3, -0.25) is 4.79 Å². The van der Waals surface area contributed by atoms with Crippen molar-refractivity contribution in [2.75, 3.05) is 61.1 Å². The largest absolute Gasteiger partial charge is 0.395 e. The monoisotopic (exact) mass is 533 g/mol. The Labute approximate surface area is 232 Å². The molecule has 0 aromatic heterocycles. The van der Waals surface area contributed by atoms with Gasteiger partial charge < -0.3 is 30.6 Å². The van der Waals surface area contributed by atoms with E-state index in [1.807, 2.05) is 55.5 Å². The Morgan fingerprint density at radius 1 is 0.846 bits per heavy atom. The molecule has 0 unspecified atom stereocenters. The lowest BCUT2D eigenvalue weighted by molar-refractivity contribution is -0.108. The van der Waals surface area contributed by atoms with Gasteiger partial charge in [-0.2, -0.15) is 0 Å². The Bertz CT molecular complexity index is 1190. The summed E-state index contributed by atoms with van der Waals surface area (Å²) in [5.74, 6) is -0.142. The first-order valence-corrected chi connectivity index (χ1v) is 13.9. The minimum absolute atomic E-state index is 0.0925. The van der Waals surface area contributed by atoms with E-state index in [-0.39, 0.29) is 19.0 Å². The van der Waals surface area contributed by atoms with Crippen molar-refractivity contribution in [1.82, 2.24) is 5.32 Å². The van der Waals surface area contributed by atoms with Crippen LogP contribution < -0.4 is 20.4 Å². The summed E-state index contributed by atoms with van der Waals surface area (Å²) in [6.07, 6.45) is 5.49. The van der Waals surface area contributed by atoms with Crippen LogP contribution in [0.1, 0.15) is 39.2 Å². The number of hydrogen-bond acceptors (Lipinski definition) is 8. The molecule has 1 aliphatic carbocycles. The molecule has 8 heteroatoms. The fraction of sp³-hybridized carbons (Fsp3) is 0.419. The van der Waals surface area contributed by atoms with Crippen LogP contribution in [-0.2, 0) is 4.79 Å². The fourth-order valence-corrected chi connectivity index (χ4v) is 4.49. The number of aliphatic imine (C=N–C) groups is 1. The van der Waals surface area contributed by atoms with Crippen LogP contribution in [0.15, 0.2) is 71.0 Å². The number of benzene rings is 2. The summed E-state index contributed by atoms with van der Waals surface area (Å²) in [7, 11) is 0. The number of allylic oxidation sites excluding steroid dienone is 2. The van der Waals surface area contributed by atoms with Gasteiger partial charge in [0.15, 0.2) is 0 Å². The highest BCUT2D eigenvalue weighted by Crippen LogP contribution is 2.27. The topological polar surface area (TPSA) is 100 Å². The molecule has 0 spiro atoms. The summed E-state index contributed by atoms with van der Waals surface area (Å²) in [5.41, 5.74) is 6.56. The lowest BCUT2D eigenvalue weighted by Crippen LogP contribution is -2.27. The highest BCUT2D eigenvalue weighted by molar-refractivity contribution is 6.49.